The first-order chi connectivity index (χ1) is 14.4. The van der Waals surface area contributed by atoms with E-state index >= 15 is 0 Å². The van der Waals surface area contributed by atoms with Gasteiger partial charge in [-0.2, -0.15) is 5.10 Å². The zero-order valence-electron chi connectivity index (χ0n) is 16.2. The summed E-state index contributed by atoms with van der Waals surface area (Å²) in [6.07, 6.45) is 1.52. The van der Waals surface area contributed by atoms with Crippen LogP contribution in [0, 0.1) is 11.6 Å². The molecule has 30 heavy (non-hydrogen) atoms. The molecule has 0 aliphatic carbocycles. The van der Waals surface area contributed by atoms with Crippen LogP contribution in [-0.2, 0) is 16.1 Å². The summed E-state index contributed by atoms with van der Waals surface area (Å²) in [6, 6.07) is 9.57. The average molecular weight is 415 g/mol. The van der Waals surface area contributed by atoms with Crippen molar-refractivity contribution in [2.45, 2.75) is 26.3 Å². The van der Waals surface area contributed by atoms with Crippen LogP contribution >= 0.6 is 0 Å². The Hall–Kier alpha value is -3.62. The predicted molar refractivity (Wildman–Crippen MR) is 106 cm³/mol. The van der Waals surface area contributed by atoms with Crippen LogP contribution in [0.1, 0.15) is 30.3 Å². The molecular weight excluding hydrogens is 396 g/mol. The molecule has 0 radical (unpaired) electrons. The molecule has 0 saturated carbocycles. The Kier molecular flexibility index (Phi) is 6.51. The van der Waals surface area contributed by atoms with Crippen LogP contribution in [0.25, 0.3) is 10.8 Å². The number of benzene rings is 2. The highest BCUT2D eigenvalue weighted by Crippen LogP contribution is 2.18. The summed E-state index contributed by atoms with van der Waals surface area (Å²) in [5.74, 6) is -3.76. The van der Waals surface area contributed by atoms with Gasteiger partial charge >= 0.3 is 5.97 Å². The van der Waals surface area contributed by atoms with Crippen molar-refractivity contribution < 1.29 is 23.1 Å². The maximum atomic E-state index is 13.6. The number of unbranched alkanes of at least 4 members (excludes halogenated alkanes) is 1. The van der Waals surface area contributed by atoms with Crippen molar-refractivity contribution in [2.75, 3.05) is 11.9 Å². The van der Waals surface area contributed by atoms with Gasteiger partial charge in [-0.05, 0) is 24.6 Å². The van der Waals surface area contributed by atoms with E-state index in [1.807, 2.05) is 12.2 Å². The number of nitrogens with one attached hydrogen (secondary N) is 1. The first kappa shape index (κ1) is 21.1. The van der Waals surface area contributed by atoms with Gasteiger partial charge in [0.1, 0.15) is 17.3 Å². The fraction of sp³-hybridized carbons (Fsp3) is 0.238. The van der Waals surface area contributed by atoms with Crippen molar-refractivity contribution in [3.05, 3.63) is 70.1 Å². The molecule has 0 aliphatic heterocycles. The Labute approximate surface area is 170 Å². The molecule has 0 unspecified atom stereocenters. The van der Waals surface area contributed by atoms with Crippen LogP contribution in [0.5, 0.6) is 0 Å². The van der Waals surface area contributed by atoms with Gasteiger partial charge < -0.3 is 10.1 Å². The number of anilines is 1. The lowest BCUT2D eigenvalue weighted by Crippen LogP contribution is -2.28. The molecular formula is C21H19F2N3O4. The van der Waals surface area contributed by atoms with Crippen LogP contribution in [0.3, 0.4) is 0 Å². The van der Waals surface area contributed by atoms with E-state index < -0.39 is 35.8 Å². The van der Waals surface area contributed by atoms with Gasteiger partial charge in [-0.25, -0.2) is 18.3 Å². The zero-order valence-corrected chi connectivity index (χ0v) is 16.2. The lowest BCUT2D eigenvalue weighted by molar-refractivity contribution is -0.119. The predicted octanol–water partition coefficient (Wildman–Crippen LogP) is 3.27. The Bertz CT molecular complexity index is 1140. The van der Waals surface area contributed by atoms with Crippen molar-refractivity contribution in [1.82, 2.24) is 9.78 Å². The number of fused-ring (bicyclic) bond motifs is 1. The number of hydrogen-bond donors (Lipinski definition) is 1. The van der Waals surface area contributed by atoms with E-state index in [0.29, 0.717) is 23.7 Å². The Morgan fingerprint density at radius 1 is 1.07 bits per heavy atom. The van der Waals surface area contributed by atoms with Crippen LogP contribution in [-0.4, -0.2) is 28.3 Å². The molecule has 7 nitrogen and oxygen atoms in total. The number of aryl methyl sites for hydroxylation is 1. The highest BCUT2D eigenvalue weighted by atomic mass is 19.1. The molecule has 0 fully saturated rings. The van der Waals surface area contributed by atoms with Gasteiger partial charge in [-0.15, -0.1) is 0 Å². The third-order valence-corrected chi connectivity index (χ3v) is 4.35. The van der Waals surface area contributed by atoms with Gasteiger partial charge in [0.2, 0.25) is 0 Å². The number of nitrogens with zero attached hydrogens (tertiary/aromatic N) is 2. The molecule has 1 amide bonds. The van der Waals surface area contributed by atoms with Crippen LogP contribution < -0.4 is 10.9 Å². The summed E-state index contributed by atoms with van der Waals surface area (Å²) in [6.45, 7) is 1.50. The largest absolute Gasteiger partial charge is 0.451 e. The van der Waals surface area contributed by atoms with E-state index in [0.717, 1.165) is 24.6 Å². The number of amides is 1. The van der Waals surface area contributed by atoms with Gasteiger partial charge in [-0.1, -0.05) is 37.6 Å². The number of rotatable bonds is 7. The quantitative estimate of drug-likeness (QED) is 0.598. The van der Waals surface area contributed by atoms with Gasteiger partial charge in [0.25, 0.3) is 11.5 Å². The van der Waals surface area contributed by atoms with Gasteiger partial charge in [0.05, 0.1) is 5.39 Å². The average Bonchev–Trinajstić information content (AvgIpc) is 2.74. The summed E-state index contributed by atoms with van der Waals surface area (Å²) >= 11 is 0. The molecule has 156 valence electrons. The standard InChI is InChI=1S/C21H19F2N3O4/c1-2-3-11-26-20(28)14-8-5-4-7-13(14)18(25-26)21(29)30-12-17(27)24-19-15(22)9-6-10-16(19)23/h4-10H,2-3,11-12H2,1H3,(H,24,27). The van der Waals surface area contributed by atoms with Crippen molar-refractivity contribution in [3.8, 4) is 0 Å². The Morgan fingerprint density at radius 2 is 1.73 bits per heavy atom. The van der Waals surface area contributed by atoms with Gasteiger partial charge in [-0.3, -0.25) is 9.59 Å². The second-order valence-electron chi connectivity index (χ2n) is 6.50. The Balaban J connectivity index is 1.80. The maximum Gasteiger partial charge on any atom is 0.359 e. The number of hydrogen-bond acceptors (Lipinski definition) is 5. The fourth-order valence-corrected chi connectivity index (χ4v) is 2.84. The van der Waals surface area contributed by atoms with E-state index in [-0.39, 0.29) is 11.3 Å². The van der Waals surface area contributed by atoms with E-state index in [1.54, 1.807) is 24.3 Å². The minimum absolute atomic E-state index is 0.119. The molecule has 3 rings (SSSR count). The smallest absolute Gasteiger partial charge is 0.359 e. The SMILES string of the molecule is CCCCn1nc(C(=O)OCC(=O)Nc2c(F)cccc2F)c2ccccc2c1=O. The fourth-order valence-electron chi connectivity index (χ4n) is 2.84. The molecule has 0 bridgehead atoms. The Morgan fingerprint density at radius 3 is 2.40 bits per heavy atom. The summed E-state index contributed by atoms with van der Waals surface area (Å²) in [4.78, 5) is 37.1. The molecule has 1 heterocycles. The van der Waals surface area contributed by atoms with Crippen molar-refractivity contribution in [1.29, 1.82) is 0 Å². The summed E-state index contributed by atoms with van der Waals surface area (Å²) in [5.41, 5.74) is -1.08. The minimum atomic E-state index is -0.953. The maximum absolute atomic E-state index is 13.6. The first-order valence-electron chi connectivity index (χ1n) is 9.33. The number of ether oxygens (including phenoxy) is 1. The molecule has 1 N–H and O–H groups in total. The number of esters is 1. The van der Waals surface area contributed by atoms with Crippen LogP contribution in [0.15, 0.2) is 47.3 Å². The van der Waals surface area contributed by atoms with Crippen molar-refractivity contribution in [3.63, 3.8) is 0 Å². The highest BCUT2D eigenvalue weighted by molar-refractivity contribution is 6.03. The van der Waals surface area contributed by atoms with E-state index in [2.05, 4.69) is 5.10 Å². The zero-order chi connectivity index (χ0) is 21.7. The van der Waals surface area contributed by atoms with E-state index in [9.17, 15) is 23.2 Å². The lowest BCUT2D eigenvalue weighted by Gasteiger charge is -2.11. The van der Waals surface area contributed by atoms with Crippen LogP contribution in [0.4, 0.5) is 14.5 Å². The summed E-state index contributed by atoms with van der Waals surface area (Å²) in [7, 11) is 0. The molecule has 2 aromatic carbocycles. The molecule has 0 saturated heterocycles. The minimum Gasteiger partial charge on any atom is -0.451 e. The normalized spacial score (nSPS) is 10.8. The van der Waals surface area contributed by atoms with E-state index in [4.69, 9.17) is 4.74 Å². The van der Waals surface area contributed by atoms with Gasteiger partial charge in [0, 0.05) is 11.9 Å². The number of carbonyl (C=O) groups is 2. The number of carbonyl (C=O) groups excluding carboxylic acids is 2. The highest BCUT2D eigenvalue weighted by Gasteiger charge is 2.20. The molecule has 0 aliphatic rings. The second kappa shape index (κ2) is 9.25. The van der Waals surface area contributed by atoms with Gasteiger partial charge in [0.15, 0.2) is 12.3 Å². The molecule has 3 aromatic rings. The van der Waals surface area contributed by atoms with Crippen molar-refractivity contribution in [2.24, 2.45) is 0 Å². The topological polar surface area (TPSA) is 90.3 Å². The molecule has 1 aromatic heterocycles. The van der Waals surface area contributed by atoms with Crippen LogP contribution in [0.2, 0.25) is 0 Å². The number of para-hydroxylation sites is 1. The molecule has 0 atom stereocenters. The second-order valence-corrected chi connectivity index (χ2v) is 6.50. The lowest BCUT2D eigenvalue weighted by atomic mass is 10.1. The third-order valence-electron chi connectivity index (χ3n) is 4.35. The summed E-state index contributed by atoms with van der Waals surface area (Å²) < 4.78 is 33.4. The van der Waals surface area contributed by atoms with E-state index in [1.165, 1.54) is 4.68 Å². The number of aromatic nitrogens is 2. The monoisotopic (exact) mass is 415 g/mol. The third kappa shape index (κ3) is 4.51. The number of halogens is 2. The van der Waals surface area contributed by atoms with Crippen molar-refractivity contribution >= 4 is 28.3 Å². The summed E-state index contributed by atoms with van der Waals surface area (Å²) in [5, 5.41) is 6.73. The molecule has 9 heteroatoms. The molecule has 0 spiro atoms. The first-order valence-corrected chi connectivity index (χ1v) is 9.33.